The Morgan fingerprint density at radius 1 is 0.241 bits per heavy atom. The van der Waals surface area contributed by atoms with Gasteiger partial charge in [0.1, 0.15) is 11.4 Å². The van der Waals surface area contributed by atoms with Gasteiger partial charge in [0.2, 0.25) is 0 Å². The van der Waals surface area contributed by atoms with E-state index in [0.29, 0.717) is 0 Å². The number of hydrogen-bond acceptors (Lipinski definition) is 6. The molecule has 0 atom stereocenters. The summed E-state index contributed by atoms with van der Waals surface area (Å²) in [6, 6.07) is 58.5. The van der Waals surface area contributed by atoms with Crippen LogP contribution in [0.5, 0.6) is 46.0 Å². The predicted octanol–water partition coefficient (Wildman–Crippen LogP) is 14.0. The summed E-state index contributed by atoms with van der Waals surface area (Å²) >= 11 is 0. The van der Waals surface area contributed by atoms with Gasteiger partial charge in [0.25, 0.3) is 0 Å². The number of hydrogen-bond donors (Lipinski definition) is 0. The number of ether oxygens (including phenoxy) is 4. The average Bonchev–Trinajstić information content (AvgIpc) is 3.23. The fourth-order valence-electron chi connectivity index (χ4n) is 8.12. The summed E-state index contributed by atoms with van der Waals surface area (Å²) in [4.78, 5) is 4.50. The minimum absolute atomic E-state index is 0.760. The lowest BCUT2D eigenvalue weighted by molar-refractivity contribution is 0.445. The van der Waals surface area contributed by atoms with E-state index < -0.39 is 0 Å². The molecular formula is C48H28N2O4. The van der Waals surface area contributed by atoms with Gasteiger partial charge < -0.3 is 18.9 Å². The number of anilines is 6. The summed E-state index contributed by atoms with van der Waals surface area (Å²) < 4.78 is 25.8. The summed E-state index contributed by atoms with van der Waals surface area (Å²) in [5.74, 6) is 6.27. The van der Waals surface area contributed by atoms with Gasteiger partial charge in [-0.3, -0.25) is 9.80 Å². The summed E-state index contributed by atoms with van der Waals surface area (Å²) in [6.07, 6.45) is 0. The van der Waals surface area contributed by atoms with E-state index in [-0.39, 0.29) is 0 Å². The van der Waals surface area contributed by atoms with Gasteiger partial charge in [0.05, 0.1) is 22.7 Å². The van der Waals surface area contributed by atoms with Crippen molar-refractivity contribution < 1.29 is 18.9 Å². The number of para-hydroxylation sites is 6. The van der Waals surface area contributed by atoms with Crippen LogP contribution in [0.3, 0.4) is 0 Å². The highest BCUT2D eigenvalue weighted by Gasteiger charge is 2.36. The second-order valence-electron chi connectivity index (χ2n) is 13.8. The third kappa shape index (κ3) is 4.28. The fraction of sp³-hybridized carbons (Fsp3) is 0. The zero-order valence-corrected chi connectivity index (χ0v) is 28.7. The molecular weight excluding hydrogens is 669 g/mol. The van der Waals surface area contributed by atoms with Crippen LogP contribution in [0.25, 0.3) is 33.4 Å². The summed E-state index contributed by atoms with van der Waals surface area (Å²) in [5.41, 5.74) is 12.3. The minimum atomic E-state index is 0.760. The fourth-order valence-corrected chi connectivity index (χ4v) is 8.12. The number of nitrogens with zero attached hydrogens (tertiary/aromatic N) is 2. The van der Waals surface area contributed by atoms with Gasteiger partial charge in [-0.25, -0.2) is 0 Å². The molecule has 0 radical (unpaired) electrons. The van der Waals surface area contributed by atoms with Gasteiger partial charge in [-0.05, 0) is 124 Å². The Balaban J connectivity index is 0.992. The topological polar surface area (TPSA) is 43.4 Å². The molecule has 4 heterocycles. The van der Waals surface area contributed by atoms with Crippen molar-refractivity contribution in [3.63, 3.8) is 0 Å². The molecule has 4 aliphatic heterocycles. The molecule has 0 aromatic heterocycles. The Bertz CT molecular complexity index is 2690. The van der Waals surface area contributed by atoms with Crippen LogP contribution in [0.4, 0.5) is 34.1 Å². The van der Waals surface area contributed by atoms with Crippen molar-refractivity contribution in [2.75, 3.05) is 9.80 Å². The Morgan fingerprint density at radius 2 is 0.611 bits per heavy atom. The lowest BCUT2D eigenvalue weighted by Gasteiger charge is -2.38. The highest BCUT2D eigenvalue weighted by molar-refractivity contribution is 5.96. The molecule has 254 valence electrons. The molecule has 0 bridgehead atoms. The molecule has 0 unspecified atom stereocenters. The maximum absolute atomic E-state index is 6.63. The molecule has 6 heteroatoms. The van der Waals surface area contributed by atoms with Crippen molar-refractivity contribution in [1.29, 1.82) is 0 Å². The van der Waals surface area contributed by atoms with Gasteiger partial charge >= 0.3 is 0 Å². The smallest absolute Gasteiger partial charge is 0.155 e. The van der Waals surface area contributed by atoms with Crippen molar-refractivity contribution in [1.82, 2.24) is 0 Å². The number of fused-ring (bicyclic) bond motifs is 8. The molecule has 4 aliphatic rings. The van der Waals surface area contributed by atoms with Gasteiger partial charge in [-0.15, -0.1) is 0 Å². The number of benzene rings is 8. The quantitative estimate of drug-likeness (QED) is 0.183. The van der Waals surface area contributed by atoms with Crippen LogP contribution in [0.1, 0.15) is 0 Å². The maximum Gasteiger partial charge on any atom is 0.155 e. The third-order valence-corrected chi connectivity index (χ3v) is 10.6. The Hall–Kier alpha value is -7.44. The summed E-state index contributed by atoms with van der Waals surface area (Å²) in [5, 5.41) is 0. The first kappa shape index (κ1) is 29.2. The van der Waals surface area contributed by atoms with Crippen molar-refractivity contribution in [3.8, 4) is 79.4 Å². The van der Waals surface area contributed by atoms with Crippen LogP contribution < -0.4 is 28.7 Å². The third-order valence-electron chi connectivity index (χ3n) is 10.6. The average molecular weight is 697 g/mol. The minimum Gasteiger partial charge on any atom is -0.453 e. The summed E-state index contributed by atoms with van der Waals surface area (Å²) in [6.45, 7) is 0. The van der Waals surface area contributed by atoms with Crippen LogP contribution in [-0.2, 0) is 0 Å². The van der Waals surface area contributed by atoms with Gasteiger partial charge in [-0.1, -0.05) is 78.9 Å². The zero-order chi connectivity index (χ0) is 35.3. The van der Waals surface area contributed by atoms with E-state index in [1.165, 1.54) is 0 Å². The van der Waals surface area contributed by atoms with Crippen LogP contribution >= 0.6 is 0 Å². The molecule has 0 aliphatic carbocycles. The van der Waals surface area contributed by atoms with E-state index in [9.17, 15) is 0 Å². The van der Waals surface area contributed by atoms with E-state index in [1.54, 1.807) is 0 Å². The predicted molar refractivity (Wildman–Crippen MR) is 212 cm³/mol. The highest BCUT2D eigenvalue weighted by Crippen LogP contribution is 2.61. The van der Waals surface area contributed by atoms with E-state index >= 15 is 0 Å². The molecule has 0 N–H and O–H groups in total. The lowest BCUT2D eigenvalue weighted by Crippen LogP contribution is -2.20. The normalized spacial score (nSPS) is 13.3. The molecule has 6 nitrogen and oxygen atoms in total. The van der Waals surface area contributed by atoms with Crippen molar-refractivity contribution in [2.45, 2.75) is 0 Å². The molecule has 8 aromatic rings. The lowest BCUT2D eigenvalue weighted by atomic mass is 9.92. The van der Waals surface area contributed by atoms with E-state index in [1.807, 2.05) is 72.8 Å². The van der Waals surface area contributed by atoms with Crippen LogP contribution in [0.2, 0.25) is 0 Å². The second-order valence-corrected chi connectivity index (χ2v) is 13.8. The first-order valence-corrected chi connectivity index (χ1v) is 18.0. The van der Waals surface area contributed by atoms with Gasteiger partial charge in [-0.2, -0.15) is 0 Å². The van der Waals surface area contributed by atoms with E-state index in [4.69, 9.17) is 18.9 Å². The second kappa shape index (κ2) is 11.0. The zero-order valence-electron chi connectivity index (χ0n) is 28.7. The number of rotatable bonds is 3. The molecule has 8 aromatic carbocycles. The summed E-state index contributed by atoms with van der Waals surface area (Å²) in [7, 11) is 0. The molecule has 12 rings (SSSR count). The van der Waals surface area contributed by atoms with E-state index in [2.05, 4.69) is 107 Å². The Labute approximate surface area is 311 Å². The molecule has 0 fully saturated rings. The largest absolute Gasteiger partial charge is 0.453 e. The SMILES string of the molecule is c1ccc(-c2cc(-c3ccc4c(c3)Oc3cccc5c3N4c3ccccc3O5)cc(-c3ccc4c(c3)Oc3cccc5c3N4c3ccccc3O5)c2)cc1. The van der Waals surface area contributed by atoms with Crippen LogP contribution in [-0.4, -0.2) is 0 Å². The monoisotopic (exact) mass is 696 g/mol. The maximum atomic E-state index is 6.63. The molecule has 0 amide bonds. The van der Waals surface area contributed by atoms with Crippen molar-refractivity contribution >= 4 is 34.1 Å². The van der Waals surface area contributed by atoms with Crippen LogP contribution in [0.15, 0.2) is 170 Å². The van der Waals surface area contributed by atoms with Gasteiger partial charge in [0, 0.05) is 0 Å². The Kier molecular flexibility index (Phi) is 5.96. The Morgan fingerprint density at radius 3 is 1.09 bits per heavy atom. The van der Waals surface area contributed by atoms with Gasteiger partial charge in [0.15, 0.2) is 46.0 Å². The van der Waals surface area contributed by atoms with E-state index in [0.717, 1.165) is 114 Å². The standard InChI is InChI=1S/C48H28N2O4/c1-2-10-29(11-3-1)32-24-33(30-20-22-37-45(27-30)53-43-18-8-16-41-47(43)49(37)35-12-4-6-14-39(35)51-41)26-34(25-32)31-21-23-38-46(28-31)54-44-19-9-17-42-48(44)50(38)36-13-5-7-15-40(36)52-42/h1-28H. The molecule has 0 saturated heterocycles. The van der Waals surface area contributed by atoms with Crippen molar-refractivity contribution in [2.24, 2.45) is 0 Å². The molecule has 0 saturated carbocycles. The first-order valence-electron chi connectivity index (χ1n) is 18.0. The van der Waals surface area contributed by atoms with Crippen LogP contribution in [0, 0.1) is 0 Å². The highest BCUT2D eigenvalue weighted by atomic mass is 16.5. The first-order chi connectivity index (χ1) is 26.7. The molecule has 0 spiro atoms. The molecule has 54 heavy (non-hydrogen) atoms. The van der Waals surface area contributed by atoms with Crippen molar-refractivity contribution in [3.05, 3.63) is 170 Å².